The van der Waals surface area contributed by atoms with E-state index in [9.17, 15) is 9.59 Å². The molecule has 0 fully saturated rings. The lowest BCUT2D eigenvalue weighted by atomic mass is 10.1. The minimum absolute atomic E-state index is 0.202. The Kier molecular flexibility index (Phi) is 6.50. The van der Waals surface area contributed by atoms with E-state index in [-0.39, 0.29) is 11.5 Å². The first-order valence-electron chi connectivity index (χ1n) is 11.6. The molecule has 0 saturated heterocycles. The van der Waals surface area contributed by atoms with E-state index in [1.165, 1.54) is 18.3 Å². The van der Waals surface area contributed by atoms with Crippen LogP contribution in [0.5, 0.6) is 0 Å². The predicted octanol–water partition coefficient (Wildman–Crippen LogP) is 6.17. The van der Waals surface area contributed by atoms with Gasteiger partial charge in [-0.25, -0.2) is 10.2 Å². The van der Waals surface area contributed by atoms with Gasteiger partial charge in [0, 0.05) is 22.5 Å². The fourth-order valence-electron chi connectivity index (χ4n) is 4.05. The van der Waals surface area contributed by atoms with Crippen LogP contribution < -0.4 is 5.43 Å². The predicted molar refractivity (Wildman–Crippen MR) is 142 cm³/mol. The van der Waals surface area contributed by atoms with Crippen LogP contribution in [0.15, 0.2) is 113 Å². The Morgan fingerprint density at radius 2 is 1.51 bits per heavy atom. The van der Waals surface area contributed by atoms with Crippen LogP contribution in [0.25, 0.3) is 28.3 Å². The Morgan fingerprint density at radius 1 is 0.811 bits per heavy atom. The van der Waals surface area contributed by atoms with Gasteiger partial charge in [0.05, 0.1) is 17.5 Å². The zero-order valence-corrected chi connectivity index (χ0v) is 20.0. The molecule has 0 aliphatic carbocycles. The van der Waals surface area contributed by atoms with Gasteiger partial charge in [-0.05, 0) is 73.2 Å². The largest absolute Gasteiger partial charge is 0.478 e. The number of nitrogens with zero attached hydrogens (tertiary/aromatic N) is 2. The van der Waals surface area contributed by atoms with Crippen LogP contribution in [0.3, 0.4) is 0 Å². The minimum atomic E-state index is -0.985. The number of nitrogens with one attached hydrogen (secondary N) is 1. The molecule has 2 N–H and O–H groups in total. The number of carbonyl (C=O) groups is 2. The van der Waals surface area contributed by atoms with Gasteiger partial charge in [-0.1, -0.05) is 42.5 Å². The average molecular weight is 490 g/mol. The van der Waals surface area contributed by atoms with Gasteiger partial charge in [0.15, 0.2) is 0 Å². The quantitative estimate of drug-likeness (QED) is 0.211. The van der Waals surface area contributed by atoms with E-state index in [1.807, 2.05) is 37.3 Å². The Bertz CT molecular complexity index is 1580. The summed E-state index contributed by atoms with van der Waals surface area (Å²) in [5.74, 6) is -0.313. The molecule has 0 saturated carbocycles. The number of benzene rings is 3. The van der Waals surface area contributed by atoms with Crippen LogP contribution >= 0.6 is 0 Å². The number of aromatic carboxylic acids is 1. The second-order valence-corrected chi connectivity index (χ2v) is 8.39. The van der Waals surface area contributed by atoms with Crippen molar-refractivity contribution in [3.63, 3.8) is 0 Å². The monoisotopic (exact) mass is 489 g/mol. The summed E-state index contributed by atoms with van der Waals surface area (Å²) in [6.07, 6.45) is 1.41. The number of carboxylic acids is 1. The molecule has 0 spiro atoms. The number of hydrazone groups is 1. The molecule has 3 aromatic carbocycles. The molecule has 2 aromatic heterocycles. The van der Waals surface area contributed by atoms with E-state index in [0.717, 1.165) is 28.2 Å². The lowest BCUT2D eigenvalue weighted by Crippen LogP contribution is -2.17. The van der Waals surface area contributed by atoms with Crippen LogP contribution in [0.4, 0.5) is 0 Å². The van der Waals surface area contributed by atoms with Crippen molar-refractivity contribution in [3.8, 4) is 28.3 Å². The number of aromatic nitrogens is 1. The Balaban J connectivity index is 1.25. The number of rotatable bonds is 7. The van der Waals surface area contributed by atoms with Crippen LogP contribution in [-0.4, -0.2) is 27.8 Å². The van der Waals surface area contributed by atoms with E-state index >= 15 is 0 Å². The normalized spacial score (nSPS) is 11.1. The highest BCUT2D eigenvalue weighted by atomic mass is 16.4. The molecule has 0 radical (unpaired) electrons. The van der Waals surface area contributed by atoms with Crippen molar-refractivity contribution < 1.29 is 19.1 Å². The van der Waals surface area contributed by atoms with Gasteiger partial charge in [0.2, 0.25) is 0 Å². The number of furan rings is 1. The first-order chi connectivity index (χ1) is 18.0. The Morgan fingerprint density at radius 3 is 2.22 bits per heavy atom. The summed E-state index contributed by atoms with van der Waals surface area (Å²) in [5.41, 5.74) is 8.18. The molecule has 1 amide bonds. The Hall–Kier alpha value is -5.17. The second kappa shape index (κ2) is 10.2. The highest BCUT2D eigenvalue weighted by Crippen LogP contribution is 2.26. The number of hydrogen-bond donors (Lipinski definition) is 2. The standard InChI is InChI=1S/C30H23N3O4/c1-20-7-17-27(21-5-3-2-4-6-21)33(20)25-14-12-23(13-15-25)29(34)32-31-19-26-16-18-28(37-26)22-8-10-24(11-9-22)30(35)36/h2-19H,1H3,(H,32,34)(H,35,36)/b31-19+. The number of hydrogen-bond acceptors (Lipinski definition) is 4. The van der Waals surface area contributed by atoms with Crippen LogP contribution in [0, 0.1) is 6.92 Å². The first-order valence-corrected chi connectivity index (χ1v) is 11.6. The smallest absolute Gasteiger partial charge is 0.335 e. The summed E-state index contributed by atoms with van der Waals surface area (Å²) in [5, 5.41) is 13.0. The molecule has 0 aliphatic heterocycles. The van der Waals surface area contributed by atoms with Crippen molar-refractivity contribution in [3.05, 3.63) is 126 Å². The summed E-state index contributed by atoms with van der Waals surface area (Å²) < 4.78 is 7.87. The molecular formula is C30H23N3O4. The number of carbonyl (C=O) groups excluding carboxylic acids is 1. The molecule has 37 heavy (non-hydrogen) atoms. The maximum Gasteiger partial charge on any atom is 0.335 e. The number of carboxylic acid groups (broad SMARTS) is 1. The average Bonchev–Trinajstić information content (AvgIpc) is 3.56. The van der Waals surface area contributed by atoms with Gasteiger partial charge in [-0.15, -0.1) is 0 Å². The fourth-order valence-corrected chi connectivity index (χ4v) is 4.05. The molecular weight excluding hydrogens is 466 g/mol. The van der Waals surface area contributed by atoms with Crippen LogP contribution in [0.1, 0.15) is 32.2 Å². The second-order valence-electron chi connectivity index (χ2n) is 8.39. The van der Waals surface area contributed by atoms with Crippen molar-refractivity contribution in [2.24, 2.45) is 5.10 Å². The van der Waals surface area contributed by atoms with E-state index < -0.39 is 5.97 Å². The molecule has 2 heterocycles. The molecule has 7 nitrogen and oxygen atoms in total. The van der Waals surface area contributed by atoms with Gasteiger partial charge in [-0.2, -0.15) is 5.10 Å². The zero-order chi connectivity index (χ0) is 25.8. The third-order valence-corrected chi connectivity index (χ3v) is 5.93. The van der Waals surface area contributed by atoms with E-state index in [0.29, 0.717) is 17.1 Å². The lowest BCUT2D eigenvalue weighted by molar-refractivity contribution is 0.0696. The van der Waals surface area contributed by atoms with Gasteiger partial charge in [-0.3, -0.25) is 4.79 Å². The van der Waals surface area contributed by atoms with Crippen LogP contribution in [0.2, 0.25) is 0 Å². The topological polar surface area (TPSA) is 96.8 Å². The third-order valence-electron chi connectivity index (χ3n) is 5.93. The molecule has 0 aliphatic rings. The van der Waals surface area contributed by atoms with Gasteiger partial charge < -0.3 is 14.1 Å². The summed E-state index contributed by atoms with van der Waals surface area (Å²) in [7, 11) is 0. The summed E-state index contributed by atoms with van der Waals surface area (Å²) in [6.45, 7) is 2.05. The van der Waals surface area contributed by atoms with E-state index in [1.54, 1.807) is 36.4 Å². The molecule has 0 unspecified atom stereocenters. The minimum Gasteiger partial charge on any atom is -0.478 e. The fraction of sp³-hybridized carbons (Fsp3) is 0.0333. The summed E-state index contributed by atoms with van der Waals surface area (Å²) in [6, 6.07) is 31.5. The molecule has 0 bridgehead atoms. The molecule has 7 heteroatoms. The van der Waals surface area contributed by atoms with Crippen molar-refractivity contribution in [2.75, 3.05) is 0 Å². The summed E-state index contributed by atoms with van der Waals surface area (Å²) >= 11 is 0. The van der Waals surface area contributed by atoms with Crippen molar-refractivity contribution in [2.45, 2.75) is 6.92 Å². The molecule has 0 atom stereocenters. The molecule has 5 aromatic rings. The molecule has 182 valence electrons. The van der Waals surface area contributed by atoms with Gasteiger partial charge in [0.1, 0.15) is 11.5 Å². The number of amides is 1. The maximum atomic E-state index is 12.6. The van der Waals surface area contributed by atoms with E-state index in [2.05, 4.69) is 39.4 Å². The highest BCUT2D eigenvalue weighted by molar-refractivity contribution is 5.95. The van der Waals surface area contributed by atoms with Crippen LogP contribution in [-0.2, 0) is 0 Å². The Labute approximate surface area is 213 Å². The van der Waals surface area contributed by atoms with Crippen molar-refractivity contribution in [1.29, 1.82) is 0 Å². The van der Waals surface area contributed by atoms with Gasteiger partial charge >= 0.3 is 5.97 Å². The molecule has 5 rings (SSSR count). The SMILES string of the molecule is Cc1ccc(-c2ccccc2)n1-c1ccc(C(=O)N/N=C/c2ccc(-c3ccc(C(=O)O)cc3)o2)cc1. The highest BCUT2D eigenvalue weighted by Gasteiger charge is 2.11. The maximum absolute atomic E-state index is 12.6. The van der Waals surface area contributed by atoms with Crippen molar-refractivity contribution >= 4 is 18.1 Å². The van der Waals surface area contributed by atoms with E-state index in [4.69, 9.17) is 9.52 Å². The zero-order valence-electron chi connectivity index (χ0n) is 20.0. The summed E-state index contributed by atoms with van der Waals surface area (Å²) in [4.78, 5) is 23.6. The van der Waals surface area contributed by atoms with Crippen molar-refractivity contribution in [1.82, 2.24) is 9.99 Å². The number of aryl methyl sites for hydroxylation is 1. The first kappa shape index (κ1) is 23.6. The lowest BCUT2D eigenvalue weighted by Gasteiger charge is -2.12. The third kappa shape index (κ3) is 5.11. The van der Waals surface area contributed by atoms with Gasteiger partial charge in [0.25, 0.3) is 5.91 Å².